The van der Waals surface area contributed by atoms with Gasteiger partial charge in [-0.25, -0.2) is 0 Å². The number of aldehydes is 1. The van der Waals surface area contributed by atoms with Gasteiger partial charge in [0.15, 0.2) is 0 Å². The van der Waals surface area contributed by atoms with Crippen molar-refractivity contribution in [3.8, 4) is 0 Å². The Morgan fingerprint density at radius 2 is 1.39 bits per heavy atom. The molecule has 0 unspecified atom stereocenters. The minimum absolute atomic E-state index is 0.0378. The lowest BCUT2D eigenvalue weighted by Crippen LogP contribution is -2.17. The van der Waals surface area contributed by atoms with Crippen molar-refractivity contribution < 1.29 is 31.1 Å². The fraction of sp³-hybridized carbons (Fsp3) is 0.364. The summed E-state index contributed by atoms with van der Waals surface area (Å²) < 4.78 is 75.8. The lowest BCUT2D eigenvalue weighted by Gasteiger charge is -2.18. The van der Waals surface area contributed by atoms with Crippen LogP contribution < -0.4 is 0 Å². The number of carbonyl (C=O) groups excluding carboxylic acids is 1. The minimum atomic E-state index is -4.93. The predicted octanol–water partition coefficient (Wildman–Crippen LogP) is 4.10. The Balaban J connectivity index is 3.66. The molecule has 1 aromatic rings. The third-order valence-electron chi connectivity index (χ3n) is 2.37. The number of rotatable bonds is 2. The van der Waals surface area contributed by atoms with Gasteiger partial charge in [0.2, 0.25) is 0 Å². The second kappa shape index (κ2) is 4.62. The van der Waals surface area contributed by atoms with Gasteiger partial charge in [-0.2, -0.15) is 26.3 Å². The fourth-order valence-electron chi connectivity index (χ4n) is 1.65. The van der Waals surface area contributed by atoms with Crippen molar-refractivity contribution in [3.63, 3.8) is 0 Å². The van der Waals surface area contributed by atoms with Crippen molar-refractivity contribution in [2.24, 2.45) is 0 Å². The quantitative estimate of drug-likeness (QED) is 0.584. The van der Waals surface area contributed by atoms with Crippen LogP contribution in [0.25, 0.3) is 0 Å². The van der Waals surface area contributed by atoms with E-state index < -0.39 is 41.0 Å². The van der Waals surface area contributed by atoms with Crippen molar-refractivity contribution in [2.75, 3.05) is 0 Å². The molecule has 0 heterocycles. The van der Waals surface area contributed by atoms with Crippen molar-refractivity contribution >= 4 is 6.29 Å². The molecule has 0 atom stereocenters. The Kier molecular flexibility index (Phi) is 3.73. The first-order valence-corrected chi connectivity index (χ1v) is 4.87. The summed E-state index contributed by atoms with van der Waals surface area (Å²) >= 11 is 0. The fourth-order valence-corrected chi connectivity index (χ4v) is 1.65. The van der Waals surface area contributed by atoms with E-state index in [-0.39, 0.29) is 6.29 Å². The number of alkyl halides is 6. The van der Waals surface area contributed by atoms with E-state index in [9.17, 15) is 31.1 Å². The molecular weight excluding hydrogens is 262 g/mol. The highest BCUT2D eigenvalue weighted by Crippen LogP contribution is 2.40. The first-order valence-electron chi connectivity index (χ1n) is 4.87. The smallest absolute Gasteiger partial charge is 0.298 e. The van der Waals surface area contributed by atoms with Gasteiger partial charge in [0, 0.05) is 5.56 Å². The van der Waals surface area contributed by atoms with Crippen LogP contribution in [-0.2, 0) is 18.8 Å². The highest BCUT2D eigenvalue weighted by atomic mass is 19.4. The number of halogens is 6. The third-order valence-corrected chi connectivity index (χ3v) is 2.37. The molecule has 0 aliphatic rings. The molecule has 0 saturated carbocycles. The lowest BCUT2D eigenvalue weighted by atomic mass is 9.95. The average Bonchev–Trinajstić information content (AvgIpc) is 2.24. The van der Waals surface area contributed by atoms with Gasteiger partial charge in [0.1, 0.15) is 6.29 Å². The Hall–Kier alpha value is -1.53. The van der Waals surface area contributed by atoms with Crippen LogP contribution in [0.3, 0.4) is 0 Å². The summed E-state index contributed by atoms with van der Waals surface area (Å²) in [6.07, 6.45) is -10.3. The molecule has 0 aliphatic carbocycles. The van der Waals surface area contributed by atoms with E-state index in [1.165, 1.54) is 6.92 Å². The maximum absolute atomic E-state index is 12.6. The normalized spacial score (nSPS) is 12.6. The van der Waals surface area contributed by atoms with Crippen LogP contribution in [0.4, 0.5) is 26.3 Å². The summed E-state index contributed by atoms with van der Waals surface area (Å²) in [4.78, 5) is 10.4. The van der Waals surface area contributed by atoms with Gasteiger partial charge in [-0.3, -0.25) is 4.79 Å². The topological polar surface area (TPSA) is 17.1 Å². The molecule has 7 heteroatoms. The van der Waals surface area contributed by atoms with Crippen LogP contribution in [0.1, 0.15) is 34.0 Å². The van der Waals surface area contributed by atoms with Gasteiger partial charge in [-0.15, -0.1) is 0 Å². The van der Waals surface area contributed by atoms with E-state index in [4.69, 9.17) is 0 Å². The summed E-state index contributed by atoms with van der Waals surface area (Å²) in [5.74, 6) is 0. The monoisotopic (exact) mass is 270 g/mol. The number of hydrogen-bond acceptors (Lipinski definition) is 1. The zero-order valence-electron chi connectivity index (χ0n) is 9.12. The summed E-state index contributed by atoms with van der Waals surface area (Å²) in [7, 11) is 0. The summed E-state index contributed by atoms with van der Waals surface area (Å²) in [6, 6.07) is 0.863. The lowest BCUT2D eigenvalue weighted by molar-refractivity contribution is -0.144. The Bertz CT molecular complexity index is 423. The van der Waals surface area contributed by atoms with E-state index in [2.05, 4.69) is 0 Å². The largest absolute Gasteiger partial charge is 0.416 e. The van der Waals surface area contributed by atoms with Crippen molar-refractivity contribution in [2.45, 2.75) is 25.7 Å². The summed E-state index contributed by atoms with van der Waals surface area (Å²) in [6.45, 7) is 1.19. The van der Waals surface area contributed by atoms with E-state index >= 15 is 0 Å². The van der Waals surface area contributed by atoms with Crippen LogP contribution >= 0.6 is 0 Å². The Morgan fingerprint density at radius 3 is 1.61 bits per heavy atom. The number of benzene rings is 1. The summed E-state index contributed by atoms with van der Waals surface area (Å²) in [5.41, 5.74) is -4.32. The molecule has 0 saturated heterocycles. The van der Waals surface area contributed by atoms with Crippen LogP contribution in [-0.4, -0.2) is 6.29 Å². The maximum atomic E-state index is 12.6. The number of hydrogen-bond donors (Lipinski definition) is 0. The van der Waals surface area contributed by atoms with Gasteiger partial charge in [0.05, 0.1) is 11.1 Å². The van der Waals surface area contributed by atoms with Crippen molar-refractivity contribution in [1.82, 2.24) is 0 Å². The molecule has 0 aliphatic heterocycles. The minimum Gasteiger partial charge on any atom is -0.298 e. The van der Waals surface area contributed by atoms with Gasteiger partial charge in [-0.1, -0.05) is 6.92 Å². The highest BCUT2D eigenvalue weighted by molar-refractivity contribution is 5.76. The molecule has 1 nitrogen and oxygen atoms in total. The van der Waals surface area contributed by atoms with Gasteiger partial charge < -0.3 is 0 Å². The SMILES string of the molecule is CCc1c(C(F)(F)F)cc(C=O)cc1C(F)(F)F. The molecule has 0 spiro atoms. The maximum Gasteiger partial charge on any atom is 0.416 e. The Morgan fingerprint density at radius 1 is 1.00 bits per heavy atom. The zero-order chi connectivity index (χ0) is 14.1. The van der Waals surface area contributed by atoms with Crippen LogP contribution in [0.5, 0.6) is 0 Å². The van der Waals surface area contributed by atoms with E-state index in [0.29, 0.717) is 12.1 Å². The molecule has 0 N–H and O–H groups in total. The van der Waals surface area contributed by atoms with Gasteiger partial charge >= 0.3 is 12.4 Å². The molecule has 0 bridgehead atoms. The van der Waals surface area contributed by atoms with Crippen molar-refractivity contribution in [1.29, 1.82) is 0 Å². The van der Waals surface area contributed by atoms with Crippen molar-refractivity contribution in [3.05, 3.63) is 34.4 Å². The van der Waals surface area contributed by atoms with E-state index in [0.717, 1.165) is 0 Å². The molecule has 18 heavy (non-hydrogen) atoms. The van der Waals surface area contributed by atoms with Crippen LogP contribution in [0, 0.1) is 0 Å². The summed E-state index contributed by atoms with van der Waals surface area (Å²) in [5, 5.41) is 0. The van der Waals surface area contributed by atoms with E-state index in [1.807, 2.05) is 0 Å². The second-order valence-corrected chi connectivity index (χ2v) is 3.56. The van der Waals surface area contributed by atoms with Gasteiger partial charge in [0.25, 0.3) is 0 Å². The molecule has 100 valence electrons. The standard InChI is InChI=1S/C11H8F6O/c1-2-7-8(10(12,13)14)3-6(5-18)4-9(7)11(15,16)17/h3-5H,2H2,1H3. The zero-order valence-corrected chi connectivity index (χ0v) is 9.12. The Labute approximate surface area is 98.4 Å². The highest BCUT2D eigenvalue weighted by Gasteiger charge is 2.40. The molecule has 1 aromatic carbocycles. The van der Waals surface area contributed by atoms with Crippen LogP contribution in [0.2, 0.25) is 0 Å². The predicted molar refractivity (Wildman–Crippen MR) is 51.2 cm³/mol. The van der Waals surface area contributed by atoms with Gasteiger partial charge in [-0.05, 0) is 24.1 Å². The molecule has 1 rings (SSSR count). The molecule has 0 aromatic heterocycles. The first kappa shape index (κ1) is 14.5. The third kappa shape index (κ3) is 2.83. The first-order chi connectivity index (χ1) is 8.11. The van der Waals surface area contributed by atoms with Crippen LogP contribution in [0.15, 0.2) is 12.1 Å². The second-order valence-electron chi connectivity index (χ2n) is 3.56. The molecule has 0 fully saturated rings. The van der Waals surface area contributed by atoms with E-state index in [1.54, 1.807) is 0 Å². The molecular formula is C11H8F6O. The average molecular weight is 270 g/mol. The molecule has 0 radical (unpaired) electrons. The molecule has 0 amide bonds. The number of carbonyl (C=O) groups is 1.